The Kier molecular flexibility index (Phi) is 6.69. The van der Waals surface area contributed by atoms with E-state index in [2.05, 4.69) is 20.8 Å². The normalized spacial score (nSPS) is 10.3. The number of benzene rings is 2. The van der Waals surface area contributed by atoms with Gasteiger partial charge in [0.05, 0.1) is 11.3 Å². The molecule has 0 aliphatic heterocycles. The molecule has 0 fully saturated rings. The van der Waals surface area contributed by atoms with E-state index >= 15 is 0 Å². The number of anilines is 1. The van der Waals surface area contributed by atoms with Crippen molar-refractivity contribution >= 4 is 29.4 Å². The largest absolute Gasteiger partial charge is 0.351 e. The predicted molar refractivity (Wildman–Crippen MR) is 105 cm³/mol. The standard InChI is InChI=1S/C20H17FN4O2S/c21-16-9-5-4-8-15(16)20(27)23-17-10-11-19(25-24-17)28-13-18(26)22-12-14-6-2-1-3-7-14/h1-11H,12-13H2,(H,22,26)(H,23,24,27). The number of carbonyl (C=O) groups is 2. The van der Waals surface area contributed by atoms with Gasteiger partial charge in [0, 0.05) is 6.54 Å². The minimum absolute atomic E-state index is 0.0714. The Hall–Kier alpha value is -3.26. The third-order valence-electron chi connectivity index (χ3n) is 3.68. The van der Waals surface area contributed by atoms with Crippen LogP contribution in [0.2, 0.25) is 0 Å². The molecule has 0 saturated carbocycles. The van der Waals surface area contributed by atoms with Gasteiger partial charge in [-0.3, -0.25) is 9.59 Å². The van der Waals surface area contributed by atoms with Gasteiger partial charge in [0.15, 0.2) is 5.82 Å². The Morgan fingerprint density at radius 1 is 0.929 bits per heavy atom. The maximum Gasteiger partial charge on any atom is 0.259 e. The van der Waals surface area contributed by atoms with Crippen LogP contribution in [0.1, 0.15) is 15.9 Å². The molecule has 2 N–H and O–H groups in total. The van der Waals surface area contributed by atoms with E-state index in [9.17, 15) is 14.0 Å². The van der Waals surface area contributed by atoms with Crippen molar-refractivity contribution in [2.75, 3.05) is 11.1 Å². The number of carbonyl (C=O) groups excluding carboxylic acids is 2. The van der Waals surface area contributed by atoms with Crippen molar-refractivity contribution < 1.29 is 14.0 Å². The first kappa shape index (κ1) is 19.5. The number of aromatic nitrogens is 2. The molecule has 28 heavy (non-hydrogen) atoms. The van der Waals surface area contributed by atoms with Gasteiger partial charge in [0.2, 0.25) is 5.91 Å². The van der Waals surface area contributed by atoms with Crippen LogP contribution < -0.4 is 10.6 Å². The molecule has 0 unspecified atom stereocenters. The highest BCUT2D eigenvalue weighted by Crippen LogP contribution is 2.16. The van der Waals surface area contributed by atoms with Gasteiger partial charge in [-0.15, -0.1) is 10.2 Å². The van der Waals surface area contributed by atoms with Crippen molar-refractivity contribution in [1.82, 2.24) is 15.5 Å². The third-order valence-corrected chi connectivity index (χ3v) is 4.60. The first-order chi connectivity index (χ1) is 13.6. The summed E-state index contributed by atoms with van der Waals surface area (Å²) in [6.45, 7) is 0.465. The summed E-state index contributed by atoms with van der Waals surface area (Å²) in [5.41, 5.74) is 0.952. The van der Waals surface area contributed by atoms with Gasteiger partial charge >= 0.3 is 0 Å². The lowest BCUT2D eigenvalue weighted by atomic mass is 10.2. The second kappa shape index (κ2) is 9.61. The van der Waals surface area contributed by atoms with E-state index in [1.807, 2.05) is 30.3 Å². The number of hydrogen-bond donors (Lipinski definition) is 2. The van der Waals surface area contributed by atoms with E-state index in [4.69, 9.17) is 0 Å². The molecule has 0 radical (unpaired) electrons. The number of rotatable bonds is 7. The summed E-state index contributed by atoms with van der Waals surface area (Å²) < 4.78 is 13.6. The van der Waals surface area contributed by atoms with Crippen molar-refractivity contribution in [3.05, 3.63) is 83.7 Å². The molecule has 8 heteroatoms. The average Bonchev–Trinajstić information content (AvgIpc) is 2.73. The summed E-state index contributed by atoms with van der Waals surface area (Å²) in [4.78, 5) is 24.0. The summed E-state index contributed by atoms with van der Waals surface area (Å²) in [5.74, 6) is -0.934. The van der Waals surface area contributed by atoms with Gasteiger partial charge < -0.3 is 10.6 Å². The Labute approximate surface area is 165 Å². The molecule has 1 aromatic heterocycles. The Bertz CT molecular complexity index is 952. The van der Waals surface area contributed by atoms with E-state index in [-0.39, 0.29) is 23.0 Å². The van der Waals surface area contributed by atoms with Crippen LogP contribution in [-0.2, 0) is 11.3 Å². The highest BCUT2D eigenvalue weighted by molar-refractivity contribution is 7.99. The van der Waals surface area contributed by atoms with Crippen molar-refractivity contribution in [3.63, 3.8) is 0 Å². The van der Waals surface area contributed by atoms with Crippen LogP contribution in [0.25, 0.3) is 0 Å². The zero-order valence-electron chi connectivity index (χ0n) is 14.8. The highest BCUT2D eigenvalue weighted by Gasteiger charge is 2.12. The van der Waals surface area contributed by atoms with Crippen molar-refractivity contribution in [2.24, 2.45) is 0 Å². The molecular weight excluding hydrogens is 379 g/mol. The molecule has 0 spiro atoms. The van der Waals surface area contributed by atoms with E-state index in [0.717, 1.165) is 5.56 Å². The van der Waals surface area contributed by atoms with Crippen LogP contribution >= 0.6 is 11.8 Å². The van der Waals surface area contributed by atoms with Crippen LogP contribution in [-0.4, -0.2) is 27.8 Å². The quantitative estimate of drug-likeness (QED) is 0.599. The summed E-state index contributed by atoms with van der Waals surface area (Å²) in [6.07, 6.45) is 0. The van der Waals surface area contributed by atoms with Gasteiger partial charge in [0.25, 0.3) is 5.91 Å². The molecule has 142 valence electrons. The van der Waals surface area contributed by atoms with Gasteiger partial charge in [0.1, 0.15) is 10.8 Å². The molecule has 0 bridgehead atoms. The molecule has 2 aromatic carbocycles. The minimum atomic E-state index is -0.610. The van der Waals surface area contributed by atoms with E-state index in [1.54, 1.807) is 18.2 Å². The fourth-order valence-corrected chi connectivity index (χ4v) is 2.92. The van der Waals surface area contributed by atoms with Crippen molar-refractivity contribution in [1.29, 1.82) is 0 Å². The van der Waals surface area contributed by atoms with Crippen LogP contribution in [0.15, 0.2) is 71.8 Å². The number of hydrogen-bond acceptors (Lipinski definition) is 5. The molecule has 1 heterocycles. The van der Waals surface area contributed by atoms with Crippen LogP contribution in [0.4, 0.5) is 10.2 Å². The monoisotopic (exact) mass is 396 g/mol. The molecular formula is C20H17FN4O2S. The SMILES string of the molecule is O=C(CSc1ccc(NC(=O)c2ccccc2F)nn1)NCc1ccccc1. The van der Waals surface area contributed by atoms with Crippen LogP contribution in [0.3, 0.4) is 0 Å². The zero-order valence-corrected chi connectivity index (χ0v) is 15.6. The molecule has 3 rings (SSSR count). The van der Waals surface area contributed by atoms with Crippen LogP contribution in [0, 0.1) is 5.82 Å². The fourth-order valence-electron chi connectivity index (χ4n) is 2.28. The number of thioether (sulfide) groups is 1. The first-order valence-electron chi connectivity index (χ1n) is 8.45. The molecule has 2 amide bonds. The zero-order chi connectivity index (χ0) is 19.8. The maximum atomic E-state index is 13.6. The lowest BCUT2D eigenvalue weighted by molar-refractivity contribution is -0.118. The van der Waals surface area contributed by atoms with E-state index < -0.39 is 11.7 Å². The highest BCUT2D eigenvalue weighted by atomic mass is 32.2. The number of halogens is 1. The second-order valence-corrected chi connectivity index (χ2v) is 6.74. The molecule has 0 saturated heterocycles. The average molecular weight is 396 g/mol. The van der Waals surface area contributed by atoms with E-state index in [0.29, 0.717) is 11.6 Å². The lowest BCUT2D eigenvalue weighted by Crippen LogP contribution is -2.24. The molecule has 0 atom stereocenters. The molecule has 0 aliphatic rings. The predicted octanol–water partition coefficient (Wildman–Crippen LogP) is 3.28. The Morgan fingerprint density at radius 3 is 2.39 bits per heavy atom. The van der Waals surface area contributed by atoms with Gasteiger partial charge in [-0.25, -0.2) is 4.39 Å². The van der Waals surface area contributed by atoms with Crippen molar-refractivity contribution in [2.45, 2.75) is 11.6 Å². The molecule has 3 aromatic rings. The van der Waals surface area contributed by atoms with Gasteiger partial charge in [-0.05, 0) is 29.8 Å². The Morgan fingerprint density at radius 2 is 1.68 bits per heavy atom. The first-order valence-corrected chi connectivity index (χ1v) is 9.43. The maximum absolute atomic E-state index is 13.6. The van der Waals surface area contributed by atoms with Gasteiger partial charge in [-0.2, -0.15) is 0 Å². The molecule has 6 nitrogen and oxygen atoms in total. The van der Waals surface area contributed by atoms with Crippen LogP contribution in [0.5, 0.6) is 0 Å². The fraction of sp³-hybridized carbons (Fsp3) is 0.100. The van der Waals surface area contributed by atoms with Gasteiger partial charge in [-0.1, -0.05) is 54.2 Å². The Balaban J connectivity index is 1.47. The smallest absolute Gasteiger partial charge is 0.259 e. The van der Waals surface area contributed by atoms with Crippen molar-refractivity contribution in [3.8, 4) is 0 Å². The summed E-state index contributed by atoms with van der Waals surface area (Å²) in [5, 5.41) is 13.7. The third kappa shape index (κ3) is 5.62. The number of nitrogens with zero attached hydrogens (tertiary/aromatic N) is 2. The minimum Gasteiger partial charge on any atom is -0.351 e. The number of amides is 2. The second-order valence-electron chi connectivity index (χ2n) is 5.74. The summed E-state index contributed by atoms with van der Waals surface area (Å²) in [6, 6.07) is 18.5. The van der Waals surface area contributed by atoms with E-state index in [1.165, 1.54) is 30.0 Å². The topological polar surface area (TPSA) is 84.0 Å². The summed E-state index contributed by atoms with van der Waals surface area (Å²) >= 11 is 1.23. The summed E-state index contributed by atoms with van der Waals surface area (Å²) in [7, 11) is 0. The lowest BCUT2D eigenvalue weighted by Gasteiger charge is -2.06. The number of nitrogens with one attached hydrogen (secondary N) is 2. The molecule has 0 aliphatic carbocycles.